The Morgan fingerprint density at radius 2 is 2.15 bits per heavy atom. The van der Waals surface area contributed by atoms with Gasteiger partial charge in [-0.05, 0) is 25.5 Å². The Kier molecular flexibility index (Phi) is 3.43. The zero-order chi connectivity index (χ0) is 9.68. The molecular weight excluding hydrogens is 166 g/mol. The summed E-state index contributed by atoms with van der Waals surface area (Å²) in [6, 6.07) is 5.30. The lowest BCUT2D eigenvalue weighted by Crippen LogP contribution is -1.98. The number of nitrogen functional groups attached to an aromatic ring is 1. The molecular formula is C10H14NO2. The van der Waals surface area contributed by atoms with Gasteiger partial charge in [0.05, 0.1) is 13.7 Å². The molecule has 3 heteroatoms. The molecule has 0 saturated carbocycles. The summed E-state index contributed by atoms with van der Waals surface area (Å²) in [5, 5.41) is 0. The molecule has 1 aromatic carbocycles. The van der Waals surface area contributed by atoms with Gasteiger partial charge in [0, 0.05) is 11.8 Å². The van der Waals surface area contributed by atoms with E-state index in [9.17, 15) is 0 Å². The first-order valence-electron chi connectivity index (χ1n) is 4.13. The first kappa shape index (κ1) is 9.71. The number of hydrogen-bond acceptors (Lipinski definition) is 3. The van der Waals surface area contributed by atoms with E-state index in [0.717, 1.165) is 6.42 Å². The molecule has 0 amide bonds. The molecule has 0 saturated heterocycles. The minimum atomic E-state index is 0.569. The van der Waals surface area contributed by atoms with Gasteiger partial charge in [-0.25, -0.2) is 0 Å². The molecule has 0 aliphatic heterocycles. The van der Waals surface area contributed by atoms with Gasteiger partial charge < -0.3 is 15.2 Å². The third-order valence-corrected chi connectivity index (χ3v) is 1.59. The second-order valence-electron chi connectivity index (χ2n) is 2.61. The minimum absolute atomic E-state index is 0.569. The molecule has 13 heavy (non-hydrogen) atoms. The van der Waals surface area contributed by atoms with Crippen LogP contribution < -0.4 is 15.2 Å². The van der Waals surface area contributed by atoms with Crippen LogP contribution in [0.25, 0.3) is 0 Å². The molecule has 0 fully saturated rings. The molecule has 0 atom stereocenters. The monoisotopic (exact) mass is 180 g/mol. The van der Waals surface area contributed by atoms with Crippen LogP contribution in [0.15, 0.2) is 18.2 Å². The van der Waals surface area contributed by atoms with Gasteiger partial charge in [0.25, 0.3) is 0 Å². The smallest absolute Gasteiger partial charge is 0.163 e. The summed E-state index contributed by atoms with van der Waals surface area (Å²) in [6.45, 7) is 4.25. The molecule has 0 aliphatic rings. The third-order valence-electron chi connectivity index (χ3n) is 1.59. The van der Waals surface area contributed by atoms with E-state index in [4.69, 9.17) is 15.2 Å². The number of nitrogens with two attached hydrogens (primary N) is 1. The Balaban J connectivity index is 2.81. The van der Waals surface area contributed by atoms with Crippen LogP contribution in [0.1, 0.15) is 6.42 Å². The summed E-state index contributed by atoms with van der Waals surface area (Å²) < 4.78 is 10.5. The van der Waals surface area contributed by atoms with Crippen molar-refractivity contribution in [2.24, 2.45) is 0 Å². The predicted octanol–water partition coefficient (Wildman–Crippen LogP) is 1.88. The van der Waals surface area contributed by atoms with Crippen molar-refractivity contribution in [1.82, 2.24) is 0 Å². The number of benzene rings is 1. The van der Waals surface area contributed by atoms with Crippen LogP contribution >= 0.6 is 0 Å². The van der Waals surface area contributed by atoms with Crippen molar-refractivity contribution in [2.75, 3.05) is 19.5 Å². The SMILES string of the molecule is [CH2]CCOc1cc(N)ccc1OC. The predicted molar refractivity (Wildman–Crippen MR) is 52.9 cm³/mol. The fraction of sp³-hybridized carbons (Fsp3) is 0.300. The topological polar surface area (TPSA) is 44.5 Å². The summed E-state index contributed by atoms with van der Waals surface area (Å²) in [6.07, 6.45) is 0.720. The van der Waals surface area contributed by atoms with E-state index in [-0.39, 0.29) is 0 Å². The Morgan fingerprint density at radius 1 is 1.38 bits per heavy atom. The molecule has 1 rings (SSSR count). The van der Waals surface area contributed by atoms with Crippen molar-refractivity contribution in [3.05, 3.63) is 25.1 Å². The maximum Gasteiger partial charge on any atom is 0.163 e. The first-order chi connectivity index (χ1) is 6.27. The summed E-state index contributed by atoms with van der Waals surface area (Å²) in [4.78, 5) is 0. The van der Waals surface area contributed by atoms with Crippen LogP contribution in [0, 0.1) is 6.92 Å². The van der Waals surface area contributed by atoms with E-state index < -0.39 is 0 Å². The summed E-state index contributed by atoms with van der Waals surface area (Å²) in [7, 11) is 1.60. The molecule has 0 unspecified atom stereocenters. The average molecular weight is 180 g/mol. The number of ether oxygens (including phenoxy) is 2. The highest BCUT2D eigenvalue weighted by molar-refractivity contribution is 5.51. The lowest BCUT2D eigenvalue weighted by molar-refractivity contribution is 0.299. The van der Waals surface area contributed by atoms with Gasteiger partial charge >= 0.3 is 0 Å². The van der Waals surface area contributed by atoms with Crippen molar-refractivity contribution in [2.45, 2.75) is 6.42 Å². The largest absolute Gasteiger partial charge is 0.493 e. The molecule has 0 aliphatic carbocycles. The molecule has 1 aromatic rings. The molecule has 0 bridgehead atoms. The third kappa shape index (κ3) is 2.54. The van der Waals surface area contributed by atoms with E-state index in [1.165, 1.54) is 0 Å². The van der Waals surface area contributed by atoms with Crippen molar-refractivity contribution in [3.63, 3.8) is 0 Å². The van der Waals surface area contributed by atoms with Crippen molar-refractivity contribution in [1.29, 1.82) is 0 Å². The number of rotatable bonds is 4. The van der Waals surface area contributed by atoms with E-state index >= 15 is 0 Å². The quantitative estimate of drug-likeness (QED) is 0.719. The zero-order valence-electron chi connectivity index (χ0n) is 7.75. The summed E-state index contributed by atoms with van der Waals surface area (Å²) in [5.41, 5.74) is 6.27. The molecule has 0 aromatic heterocycles. The maximum absolute atomic E-state index is 5.60. The molecule has 1 radical (unpaired) electrons. The van der Waals surface area contributed by atoms with Gasteiger partial charge in [-0.1, -0.05) is 0 Å². The van der Waals surface area contributed by atoms with Crippen LogP contribution in [0.3, 0.4) is 0 Å². The van der Waals surface area contributed by atoms with Crippen molar-refractivity contribution < 1.29 is 9.47 Å². The van der Waals surface area contributed by atoms with Crippen LogP contribution in [-0.4, -0.2) is 13.7 Å². The molecule has 0 spiro atoms. The van der Waals surface area contributed by atoms with Crippen LogP contribution in [0.4, 0.5) is 5.69 Å². The Hall–Kier alpha value is -1.38. The lowest BCUT2D eigenvalue weighted by Gasteiger charge is -2.09. The second-order valence-corrected chi connectivity index (χ2v) is 2.61. The van der Waals surface area contributed by atoms with E-state index in [0.29, 0.717) is 23.8 Å². The Bertz CT molecular complexity index is 274. The summed E-state index contributed by atoms with van der Waals surface area (Å²) >= 11 is 0. The van der Waals surface area contributed by atoms with Crippen LogP contribution in [0.2, 0.25) is 0 Å². The maximum atomic E-state index is 5.60. The van der Waals surface area contributed by atoms with Gasteiger partial charge in [-0.15, -0.1) is 0 Å². The fourth-order valence-corrected chi connectivity index (χ4v) is 0.988. The Morgan fingerprint density at radius 3 is 2.77 bits per heavy atom. The molecule has 2 N–H and O–H groups in total. The summed E-state index contributed by atoms with van der Waals surface area (Å²) in [5.74, 6) is 1.37. The zero-order valence-corrected chi connectivity index (χ0v) is 7.75. The van der Waals surface area contributed by atoms with Gasteiger partial charge in [-0.3, -0.25) is 0 Å². The van der Waals surface area contributed by atoms with Crippen LogP contribution in [0.5, 0.6) is 11.5 Å². The Labute approximate surface area is 78.5 Å². The van der Waals surface area contributed by atoms with Crippen molar-refractivity contribution >= 4 is 5.69 Å². The van der Waals surface area contributed by atoms with E-state index in [1.807, 2.05) is 0 Å². The van der Waals surface area contributed by atoms with Crippen molar-refractivity contribution in [3.8, 4) is 11.5 Å². The highest BCUT2D eigenvalue weighted by Crippen LogP contribution is 2.28. The van der Waals surface area contributed by atoms with Gasteiger partial charge in [-0.2, -0.15) is 0 Å². The average Bonchev–Trinajstić information content (AvgIpc) is 2.15. The number of hydrogen-bond donors (Lipinski definition) is 1. The van der Waals surface area contributed by atoms with Crippen LogP contribution in [-0.2, 0) is 0 Å². The van der Waals surface area contributed by atoms with Gasteiger partial charge in [0.2, 0.25) is 0 Å². The number of methoxy groups -OCH3 is 1. The highest BCUT2D eigenvalue weighted by Gasteiger charge is 2.03. The molecule has 0 heterocycles. The standard InChI is InChI=1S/C10H14NO2/c1-3-6-13-10-7-8(11)4-5-9(10)12-2/h4-5,7H,1,3,6,11H2,2H3. The molecule has 3 nitrogen and oxygen atoms in total. The van der Waals surface area contributed by atoms with E-state index in [1.54, 1.807) is 25.3 Å². The second kappa shape index (κ2) is 4.60. The van der Waals surface area contributed by atoms with E-state index in [2.05, 4.69) is 6.92 Å². The minimum Gasteiger partial charge on any atom is -0.493 e. The lowest BCUT2D eigenvalue weighted by atomic mass is 10.3. The first-order valence-corrected chi connectivity index (χ1v) is 4.13. The van der Waals surface area contributed by atoms with Gasteiger partial charge in [0.15, 0.2) is 11.5 Å². The highest BCUT2D eigenvalue weighted by atomic mass is 16.5. The fourth-order valence-electron chi connectivity index (χ4n) is 0.988. The van der Waals surface area contributed by atoms with Gasteiger partial charge in [0.1, 0.15) is 0 Å². The number of anilines is 1. The molecule has 71 valence electrons. The normalized spacial score (nSPS) is 9.69.